The maximum Gasteiger partial charge on any atom is 0.232 e. The van der Waals surface area contributed by atoms with Gasteiger partial charge < -0.3 is 11.1 Å². The Kier molecular flexibility index (Phi) is 5.50. The zero-order chi connectivity index (χ0) is 19.5. The number of hydrogen-bond acceptors (Lipinski definition) is 8. The Balaban J connectivity index is 1.60. The van der Waals surface area contributed by atoms with E-state index in [-0.39, 0.29) is 12.0 Å². The summed E-state index contributed by atoms with van der Waals surface area (Å²) in [5, 5.41) is 6.51. The van der Waals surface area contributed by atoms with Crippen molar-refractivity contribution in [3.8, 4) is 0 Å². The third-order valence-corrected chi connectivity index (χ3v) is 6.10. The largest absolute Gasteiger partial charge is 0.368 e. The van der Waals surface area contributed by atoms with Crippen LogP contribution in [-0.2, 0) is 0 Å². The number of nitrogens with two attached hydrogens (primary N) is 1. The van der Waals surface area contributed by atoms with Gasteiger partial charge in [-0.25, -0.2) is 4.98 Å². The van der Waals surface area contributed by atoms with Gasteiger partial charge in [0.05, 0.1) is 12.1 Å². The molecule has 1 saturated heterocycles. The third kappa shape index (κ3) is 4.13. The predicted octanol–water partition coefficient (Wildman–Crippen LogP) is 4.25. The van der Waals surface area contributed by atoms with Crippen LogP contribution in [0.2, 0.25) is 0 Å². The molecule has 0 aliphatic carbocycles. The van der Waals surface area contributed by atoms with Gasteiger partial charge in [-0.3, -0.25) is 4.90 Å². The van der Waals surface area contributed by atoms with Crippen LogP contribution in [0.15, 0.2) is 35.7 Å². The average molecular weight is 396 g/mol. The Bertz CT molecular complexity index is 927. The van der Waals surface area contributed by atoms with Crippen molar-refractivity contribution >= 4 is 28.9 Å². The molecule has 0 spiro atoms. The number of nitrogens with one attached hydrogen (secondary N) is 1. The molecule has 3 N–H and O–H groups in total. The molecule has 2 atom stereocenters. The molecule has 146 valence electrons. The van der Waals surface area contributed by atoms with Crippen LogP contribution in [0.1, 0.15) is 54.8 Å². The lowest BCUT2D eigenvalue weighted by molar-refractivity contribution is 0.0982. The van der Waals surface area contributed by atoms with Crippen LogP contribution in [0, 0.1) is 6.92 Å². The fraction of sp³-hybridized carbons (Fsp3) is 0.400. The van der Waals surface area contributed by atoms with Gasteiger partial charge in [0.2, 0.25) is 11.9 Å². The summed E-state index contributed by atoms with van der Waals surface area (Å²) in [7, 11) is 0. The van der Waals surface area contributed by atoms with E-state index in [9.17, 15) is 0 Å². The number of nitrogens with zero attached hydrogens (tertiary/aromatic N) is 5. The second-order valence-corrected chi connectivity index (χ2v) is 8.01. The second-order valence-electron chi connectivity index (χ2n) is 7.12. The van der Waals surface area contributed by atoms with E-state index in [4.69, 9.17) is 10.7 Å². The number of thiazole rings is 1. The van der Waals surface area contributed by atoms with Crippen LogP contribution in [0.25, 0.3) is 0 Å². The number of aryl methyl sites for hydroxylation is 1. The number of likely N-dealkylation sites (tertiary alicyclic amines) is 1. The summed E-state index contributed by atoms with van der Waals surface area (Å²) in [6, 6.07) is 10.2. The van der Waals surface area contributed by atoms with Gasteiger partial charge in [-0.15, -0.1) is 11.3 Å². The number of rotatable bonds is 5. The van der Waals surface area contributed by atoms with E-state index in [2.05, 4.69) is 37.5 Å². The number of aromatic nitrogens is 4. The van der Waals surface area contributed by atoms with Crippen LogP contribution < -0.4 is 11.1 Å². The highest BCUT2D eigenvalue weighted by molar-refractivity contribution is 7.09. The molecule has 1 aliphatic heterocycles. The zero-order valence-electron chi connectivity index (χ0n) is 16.2. The van der Waals surface area contributed by atoms with Crippen molar-refractivity contribution < 1.29 is 0 Å². The summed E-state index contributed by atoms with van der Waals surface area (Å²) < 4.78 is 0. The molecule has 2 aromatic heterocycles. The van der Waals surface area contributed by atoms with Crippen molar-refractivity contribution in [3.63, 3.8) is 0 Å². The molecule has 1 fully saturated rings. The molecule has 8 heteroatoms. The van der Waals surface area contributed by atoms with Crippen LogP contribution in [0.4, 0.5) is 17.6 Å². The molecule has 0 radical (unpaired) electrons. The van der Waals surface area contributed by atoms with E-state index in [1.165, 1.54) is 17.8 Å². The van der Waals surface area contributed by atoms with E-state index in [1.54, 1.807) is 11.3 Å². The van der Waals surface area contributed by atoms with Crippen LogP contribution in [0.5, 0.6) is 0 Å². The first-order valence-electron chi connectivity index (χ1n) is 9.61. The lowest BCUT2D eigenvalue weighted by Crippen LogP contribution is -2.36. The minimum atomic E-state index is 0.0242. The van der Waals surface area contributed by atoms with Crippen molar-refractivity contribution in [2.75, 3.05) is 17.6 Å². The highest BCUT2D eigenvalue weighted by Gasteiger charge is 2.32. The monoisotopic (exact) mass is 395 g/mol. The Morgan fingerprint density at radius 3 is 2.71 bits per heavy atom. The predicted molar refractivity (Wildman–Crippen MR) is 113 cm³/mol. The van der Waals surface area contributed by atoms with Gasteiger partial charge in [-0.1, -0.05) is 24.6 Å². The number of benzene rings is 1. The standard InChI is InChI=1S/C20H25N7S/c1-13-12-28-18(22-13)16-10-6-7-11-27(16)14(2)17-24-19(21)26-20(25-17)23-15-8-4-3-5-9-15/h3-5,8-9,12,14,16H,6-7,10-11H2,1-2H3,(H3,21,23,24,25,26). The molecule has 4 rings (SSSR count). The minimum Gasteiger partial charge on any atom is -0.368 e. The van der Waals surface area contributed by atoms with Gasteiger partial charge in [-0.2, -0.15) is 15.0 Å². The van der Waals surface area contributed by atoms with E-state index in [1.807, 2.05) is 37.3 Å². The SMILES string of the molecule is Cc1csc(C2CCCCN2C(C)c2nc(N)nc(Nc3ccccc3)n2)n1. The first-order chi connectivity index (χ1) is 13.6. The number of hydrogen-bond donors (Lipinski definition) is 2. The van der Waals surface area contributed by atoms with Gasteiger partial charge in [0.15, 0.2) is 5.82 Å². The van der Waals surface area contributed by atoms with E-state index >= 15 is 0 Å². The average Bonchev–Trinajstić information content (AvgIpc) is 3.14. The Morgan fingerprint density at radius 1 is 1.14 bits per heavy atom. The molecular formula is C20H25N7S. The van der Waals surface area contributed by atoms with Crippen LogP contribution >= 0.6 is 11.3 Å². The molecule has 3 aromatic rings. The Morgan fingerprint density at radius 2 is 1.96 bits per heavy atom. The smallest absolute Gasteiger partial charge is 0.232 e. The highest BCUT2D eigenvalue weighted by Crippen LogP contribution is 2.38. The quantitative estimate of drug-likeness (QED) is 0.667. The van der Waals surface area contributed by atoms with E-state index in [0.717, 1.165) is 24.3 Å². The lowest BCUT2D eigenvalue weighted by Gasteiger charge is -2.38. The first kappa shape index (κ1) is 18.8. The summed E-state index contributed by atoms with van der Waals surface area (Å²) in [6.45, 7) is 5.18. The fourth-order valence-electron chi connectivity index (χ4n) is 3.66. The molecule has 1 aliphatic rings. The summed E-state index contributed by atoms with van der Waals surface area (Å²) >= 11 is 1.74. The topological polar surface area (TPSA) is 92.9 Å². The molecule has 2 unspecified atom stereocenters. The van der Waals surface area contributed by atoms with Crippen molar-refractivity contribution in [2.24, 2.45) is 0 Å². The third-order valence-electron chi connectivity index (χ3n) is 5.04. The molecule has 3 heterocycles. The zero-order valence-corrected chi connectivity index (χ0v) is 17.0. The van der Waals surface area contributed by atoms with Gasteiger partial charge in [0, 0.05) is 16.8 Å². The van der Waals surface area contributed by atoms with Crippen LogP contribution in [-0.4, -0.2) is 31.4 Å². The normalized spacial score (nSPS) is 18.7. The van der Waals surface area contributed by atoms with E-state index < -0.39 is 0 Å². The van der Waals surface area contributed by atoms with Crippen molar-refractivity contribution in [2.45, 2.75) is 45.2 Å². The molecule has 7 nitrogen and oxygen atoms in total. The molecule has 1 aromatic carbocycles. The van der Waals surface area contributed by atoms with Gasteiger partial charge in [0.25, 0.3) is 0 Å². The second kappa shape index (κ2) is 8.20. The van der Waals surface area contributed by atoms with Crippen molar-refractivity contribution in [1.29, 1.82) is 0 Å². The molecule has 0 bridgehead atoms. The van der Waals surface area contributed by atoms with Gasteiger partial charge in [0.1, 0.15) is 5.01 Å². The minimum absolute atomic E-state index is 0.0242. The molecule has 28 heavy (non-hydrogen) atoms. The van der Waals surface area contributed by atoms with Gasteiger partial charge >= 0.3 is 0 Å². The number of para-hydroxylation sites is 1. The maximum absolute atomic E-state index is 6.00. The number of nitrogen functional groups attached to an aromatic ring is 1. The highest BCUT2D eigenvalue weighted by atomic mass is 32.1. The summed E-state index contributed by atoms with van der Waals surface area (Å²) in [6.07, 6.45) is 3.49. The Hall–Kier alpha value is -2.58. The number of anilines is 3. The molecule has 0 saturated carbocycles. The van der Waals surface area contributed by atoms with E-state index in [0.29, 0.717) is 17.8 Å². The van der Waals surface area contributed by atoms with Crippen LogP contribution in [0.3, 0.4) is 0 Å². The number of piperidine rings is 1. The fourth-order valence-corrected chi connectivity index (χ4v) is 4.61. The lowest BCUT2D eigenvalue weighted by atomic mass is 10.00. The van der Waals surface area contributed by atoms with Gasteiger partial charge in [-0.05, 0) is 45.4 Å². The summed E-state index contributed by atoms with van der Waals surface area (Å²) in [4.78, 5) is 20.5. The Labute approximate surface area is 169 Å². The van der Waals surface area contributed by atoms with Crippen molar-refractivity contribution in [1.82, 2.24) is 24.8 Å². The van der Waals surface area contributed by atoms with Crippen molar-refractivity contribution in [3.05, 3.63) is 52.2 Å². The first-order valence-corrected chi connectivity index (χ1v) is 10.5. The summed E-state index contributed by atoms with van der Waals surface area (Å²) in [5.74, 6) is 1.39. The summed E-state index contributed by atoms with van der Waals surface area (Å²) in [5.41, 5.74) is 8.00. The molecular weight excluding hydrogens is 370 g/mol. The maximum atomic E-state index is 6.00. The molecule has 0 amide bonds.